The van der Waals surface area contributed by atoms with Crippen LogP contribution in [-0.2, 0) is 9.53 Å². The summed E-state index contributed by atoms with van der Waals surface area (Å²) in [7, 11) is 0. The van der Waals surface area contributed by atoms with E-state index in [1.165, 1.54) is 148 Å². The van der Waals surface area contributed by atoms with Crippen molar-refractivity contribution in [3.63, 3.8) is 0 Å². The lowest BCUT2D eigenvalue weighted by Crippen LogP contribution is -1.93. The van der Waals surface area contributed by atoms with E-state index in [1.807, 2.05) is 12.2 Å². The molecule has 0 aromatic heterocycles. The van der Waals surface area contributed by atoms with E-state index in [9.17, 15) is 4.79 Å². The fourth-order valence-corrected chi connectivity index (χ4v) is 4.43. The fourth-order valence-electron chi connectivity index (χ4n) is 4.43. The van der Waals surface area contributed by atoms with Crippen LogP contribution in [0.4, 0.5) is 0 Å². The highest BCUT2D eigenvalue weighted by Gasteiger charge is 1.95. The van der Waals surface area contributed by atoms with Crippen molar-refractivity contribution >= 4 is 5.97 Å². The molecule has 0 aliphatic rings. The molecule has 0 atom stereocenters. The molecule has 34 heavy (non-hydrogen) atoms. The van der Waals surface area contributed by atoms with Crippen molar-refractivity contribution in [1.29, 1.82) is 0 Å². The summed E-state index contributed by atoms with van der Waals surface area (Å²) < 4.78 is 5.15. The molecule has 0 aromatic carbocycles. The van der Waals surface area contributed by atoms with Crippen LogP contribution >= 0.6 is 0 Å². The first-order valence-electron chi connectivity index (χ1n) is 15.3. The average Bonchev–Trinajstić information content (AvgIpc) is 2.84. The van der Waals surface area contributed by atoms with E-state index in [0.717, 1.165) is 12.8 Å². The first-order chi connectivity index (χ1) is 16.8. The molecule has 0 aliphatic carbocycles. The van der Waals surface area contributed by atoms with Gasteiger partial charge >= 0.3 is 5.97 Å². The molecule has 200 valence electrons. The molecule has 0 saturated carbocycles. The summed E-state index contributed by atoms with van der Waals surface area (Å²) in [5.41, 5.74) is 0. The van der Waals surface area contributed by atoms with E-state index in [2.05, 4.69) is 13.8 Å². The summed E-state index contributed by atoms with van der Waals surface area (Å²) in [4.78, 5) is 11.7. The summed E-state index contributed by atoms with van der Waals surface area (Å²) in [6.45, 7) is 4.55. The maximum atomic E-state index is 11.7. The van der Waals surface area contributed by atoms with Crippen molar-refractivity contribution in [3.8, 4) is 0 Å². The molecule has 2 nitrogen and oxygen atoms in total. The highest BCUT2D eigenvalue weighted by Crippen LogP contribution is 2.13. The minimum atomic E-state index is -0.242. The van der Waals surface area contributed by atoms with Gasteiger partial charge < -0.3 is 4.74 Å². The minimum Gasteiger partial charge on any atom is -0.432 e. The Labute approximate surface area is 214 Å². The second-order valence-corrected chi connectivity index (χ2v) is 10.2. The number of ether oxygens (including phenoxy) is 1. The Kier molecular flexibility index (Phi) is 29.1. The third-order valence-corrected chi connectivity index (χ3v) is 6.73. The number of carbonyl (C=O) groups excluding carboxylic acids is 1. The summed E-state index contributed by atoms with van der Waals surface area (Å²) in [5, 5.41) is 0. The van der Waals surface area contributed by atoms with E-state index >= 15 is 0 Å². The van der Waals surface area contributed by atoms with Crippen LogP contribution in [0.3, 0.4) is 0 Å². The number of carbonyl (C=O) groups is 1. The largest absolute Gasteiger partial charge is 0.432 e. The van der Waals surface area contributed by atoms with Crippen LogP contribution in [0.2, 0.25) is 0 Å². The summed E-state index contributed by atoms with van der Waals surface area (Å²) in [6, 6.07) is 0. The van der Waals surface area contributed by atoms with E-state index < -0.39 is 0 Å². The standard InChI is InChI=1S/C32H60O2/c1-3-5-7-9-11-13-15-17-19-21-23-25-27-29-31-34-32(33)30-28-26-24-22-20-18-16-14-12-10-8-6-4-2/h28-31H,3-27H2,1-2H3/b30-28+,31-29+. The highest BCUT2D eigenvalue weighted by atomic mass is 16.5. The maximum Gasteiger partial charge on any atom is 0.335 e. The van der Waals surface area contributed by atoms with E-state index in [4.69, 9.17) is 4.74 Å². The monoisotopic (exact) mass is 476 g/mol. The zero-order valence-electron chi connectivity index (χ0n) is 23.3. The summed E-state index contributed by atoms with van der Waals surface area (Å²) in [6.07, 6.45) is 40.5. The zero-order chi connectivity index (χ0) is 24.8. The topological polar surface area (TPSA) is 26.3 Å². The number of hydrogen-bond donors (Lipinski definition) is 0. The first-order valence-corrected chi connectivity index (χ1v) is 15.3. The molecule has 0 rings (SSSR count). The van der Waals surface area contributed by atoms with Crippen LogP contribution in [0.15, 0.2) is 24.5 Å². The molecule has 0 aliphatic heterocycles. The van der Waals surface area contributed by atoms with Gasteiger partial charge in [0.1, 0.15) is 0 Å². The number of allylic oxidation sites excluding steroid dienone is 2. The Morgan fingerprint density at radius 2 is 0.794 bits per heavy atom. The summed E-state index contributed by atoms with van der Waals surface area (Å²) >= 11 is 0. The SMILES string of the molecule is CCCCCCCCCCCCC/C=C/C(=O)O/C=C/CCCCCCCCCCCCCC. The van der Waals surface area contributed by atoms with Gasteiger partial charge in [0.05, 0.1) is 6.26 Å². The molecule has 0 heterocycles. The Balaban J connectivity index is 3.30. The smallest absolute Gasteiger partial charge is 0.335 e. The van der Waals surface area contributed by atoms with Gasteiger partial charge in [-0.2, -0.15) is 0 Å². The lowest BCUT2D eigenvalue weighted by atomic mass is 10.0. The fraction of sp³-hybridized carbons (Fsp3) is 0.844. The summed E-state index contributed by atoms with van der Waals surface area (Å²) in [5.74, 6) is -0.242. The van der Waals surface area contributed by atoms with Gasteiger partial charge in [0, 0.05) is 6.08 Å². The van der Waals surface area contributed by atoms with Crippen molar-refractivity contribution in [2.75, 3.05) is 0 Å². The third-order valence-electron chi connectivity index (χ3n) is 6.73. The highest BCUT2D eigenvalue weighted by molar-refractivity contribution is 5.82. The number of hydrogen-bond acceptors (Lipinski definition) is 2. The predicted octanol–water partition coefficient (Wildman–Crippen LogP) is 11.4. The van der Waals surface area contributed by atoms with Crippen LogP contribution < -0.4 is 0 Å². The molecule has 0 spiro atoms. The van der Waals surface area contributed by atoms with Crippen LogP contribution in [-0.4, -0.2) is 5.97 Å². The van der Waals surface area contributed by atoms with Crippen molar-refractivity contribution in [2.24, 2.45) is 0 Å². The Hall–Kier alpha value is -1.05. The van der Waals surface area contributed by atoms with Crippen molar-refractivity contribution in [3.05, 3.63) is 24.5 Å². The number of rotatable bonds is 27. The van der Waals surface area contributed by atoms with Crippen LogP contribution in [0.25, 0.3) is 0 Å². The van der Waals surface area contributed by atoms with E-state index in [-0.39, 0.29) is 5.97 Å². The molecule has 0 unspecified atom stereocenters. The molecule has 0 amide bonds. The van der Waals surface area contributed by atoms with Gasteiger partial charge in [0.25, 0.3) is 0 Å². The molecule has 2 heteroatoms. The Morgan fingerprint density at radius 3 is 1.18 bits per heavy atom. The van der Waals surface area contributed by atoms with Crippen LogP contribution in [0.5, 0.6) is 0 Å². The van der Waals surface area contributed by atoms with Crippen molar-refractivity contribution in [1.82, 2.24) is 0 Å². The predicted molar refractivity (Wildman–Crippen MR) is 151 cm³/mol. The van der Waals surface area contributed by atoms with E-state index in [0.29, 0.717) is 0 Å². The van der Waals surface area contributed by atoms with Gasteiger partial charge in [0.2, 0.25) is 0 Å². The third kappa shape index (κ3) is 29.0. The zero-order valence-corrected chi connectivity index (χ0v) is 23.3. The molecule has 0 saturated heterocycles. The minimum absolute atomic E-state index is 0.242. The Bertz CT molecular complexity index is 452. The second kappa shape index (κ2) is 30.0. The van der Waals surface area contributed by atoms with Crippen LogP contribution in [0.1, 0.15) is 174 Å². The quantitative estimate of drug-likeness (QED) is 0.0510. The van der Waals surface area contributed by atoms with Crippen LogP contribution in [0, 0.1) is 0 Å². The second-order valence-electron chi connectivity index (χ2n) is 10.2. The first kappa shape index (κ1) is 33.0. The van der Waals surface area contributed by atoms with E-state index in [1.54, 1.807) is 12.3 Å². The molecule has 0 bridgehead atoms. The molecule has 0 aromatic rings. The van der Waals surface area contributed by atoms with Gasteiger partial charge in [-0.15, -0.1) is 0 Å². The number of esters is 1. The molecular formula is C32H60O2. The lowest BCUT2D eigenvalue weighted by Gasteiger charge is -2.02. The molecule has 0 fully saturated rings. The van der Waals surface area contributed by atoms with Gasteiger partial charge in [-0.1, -0.05) is 155 Å². The van der Waals surface area contributed by atoms with Gasteiger partial charge in [0.15, 0.2) is 0 Å². The van der Waals surface area contributed by atoms with Gasteiger partial charge in [-0.25, -0.2) is 4.79 Å². The molecular weight excluding hydrogens is 416 g/mol. The molecule has 0 radical (unpaired) electrons. The molecule has 0 N–H and O–H groups in total. The average molecular weight is 477 g/mol. The van der Waals surface area contributed by atoms with Crippen molar-refractivity contribution < 1.29 is 9.53 Å². The maximum absolute atomic E-state index is 11.7. The van der Waals surface area contributed by atoms with Crippen molar-refractivity contribution in [2.45, 2.75) is 174 Å². The Morgan fingerprint density at radius 1 is 0.471 bits per heavy atom. The van der Waals surface area contributed by atoms with Gasteiger partial charge in [-0.3, -0.25) is 0 Å². The van der Waals surface area contributed by atoms with Gasteiger partial charge in [-0.05, 0) is 31.8 Å². The number of unbranched alkanes of at least 4 members (excludes halogenated alkanes) is 23. The lowest BCUT2D eigenvalue weighted by molar-refractivity contribution is -0.132. The normalized spacial score (nSPS) is 11.7.